The number of benzene rings is 1. The van der Waals surface area contributed by atoms with Crippen molar-refractivity contribution in [3.8, 4) is 0 Å². The van der Waals surface area contributed by atoms with E-state index in [0.717, 1.165) is 18.4 Å². The molecule has 1 fully saturated rings. The maximum absolute atomic E-state index is 12.9. The lowest BCUT2D eigenvalue weighted by Crippen LogP contribution is -2.43. The Hall–Kier alpha value is -2.44. The van der Waals surface area contributed by atoms with Crippen LogP contribution in [0.4, 0.5) is 9.18 Å². The Morgan fingerprint density at radius 2 is 1.96 bits per heavy atom. The van der Waals surface area contributed by atoms with E-state index in [2.05, 4.69) is 15.5 Å². The van der Waals surface area contributed by atoms with Gasteiger partial charge >= 0.3 is 6.03 Å². The highest BCUT2D eigenvalue weighted by molar-refractivity contribution is 5.74. The average molecular weight is 346 g/mol. The largest absolute Gasteiger partial charge is 0.425 e. The number of carbonyl (C=O) groups excluding carboxylic acids is 1. The number of nitrogens with one attached hydrogen (secondary N) is 1. The molecule has 2 heterocycles. The predicted molar refractivity (Wildman–Crippen MR) is 90.6 cm³/mol. The van der Waals surface area contributed by atoms with Crippen LogP contribution in [0.1, 0.15) is 55.9 Å². The summed E-state index contributed by atoms with van der Waals surface area (Å²) in [5, 5.41) is 11.1. The second kappa shape index (κ2) is 7.63. The second-order valence-electron chi connectivity index (χ2n) is 6.68. The summed E-state index contributed by atoms with van der Waals surface area (Å²) in [5.74, 6) is 1.49. The van der Waals surface area contributed by atoms with Gasteiger partial charge in [0.2, 0.25) is 11.8 Å². The molecule has 7 heteroatoms. The number of aromatic nitrogens is 2. The monoisotopic (exact) mass is 346 g/mol. The molecule has 1 aliphatic heterocycles. The van der Waals surface area contributed by atoms with Gasteiger partial charge in [-0.2, -0.15) is 0 Å². The van der Waals surface area contributed by atoms with Crippen LogP contribution in [-0.2, 0) is 6.54 Å². The van der Waals surface area contributed by atoms with Crippen molar-refractivity contribution < 1.29 is 13.6 Å². The summed E-state index contributed by atoms with van der Waals surface area (Å²) < 4.78 is 18.6. The molecule has 1 aliphatic rings. The van der Waals surface area contributed by atoms with Crippen LogP contribution in [0.5, 0.6) is 0 Å². The maximum atomic E-state index is 12.9. The SMILES string of the molecule is CC(C)c1nnc(C2CCN(C(=O)NCc3ccc(F)cc3)CC2)o1. The molecule has 1 aromatic heterocycles. The fourth-order valence-corrected chi connectivity index (χ4v) is 2.87. The number of amides is 2. The third kappa shape index (κ3) is 4.35. The van der Waals surface area contributed by atoms with Gasteiger partial charge in [-0.25, -0.2) is 9.18 Å². The Labute approximate surface area is 146 Å². The number of rotatable bonds is 4. The van der Waals surface area contributed by atoms with Crippen LogP contribution < -0.4 is 5.32 Å². The first kappa shape index (κ1) is 17.4. The lowest BCUT2D eigenvalue weighted by atomic mass is 9.97. The van der Waals surface area contributed by atoms with Crippen molar-refractivity contribution in [1.29, 1.82) is 0 Å². The normalized spacial score (nSPS) is 15.6. The first-order valence-corrected chi connectivity index (χ1v) is 8.63. The fraction of sp³-hybridized carbons (Fsp3) is 0.500. The van der Waals surface area contributed by atoms with E-state index in [9.17, 15) is 9.18 Å². The zero-order valence-corrected chi connectivity index (χ0v) is 14.5. The topological polar surface area (TPSA) is 71.3 Å². The highest BCUT2D eigenvalue weighted by Gasteiger charge is 2.27. The van der Waals surface area contributed by atoms with Crippen LogP contribution >= 0.6 is 0 Å². The number of carbonyl (C=O) groups is 1. The maximum Gasteiger partial charge on any atom is 0.317 e. The van der Waals surface area contributed by atoms with Crippen molar-refractivity contribution in [1.82, 2.24) is 20.4 Å². The Bertz CT molecular complexity index is 706. The summed E-state index contributed by atoms with van der Waals surface area (Å²) in [6, 6.07) is 6.02. The first-order chi connectivity index (χ1) is 12.0. The summed E-state index contributed by atoms with van der Waals surface area (Å²) >= 11 is 0. The molecule has 134 valence electrons. The molecule has 0 unspecified atom stereocenters. The molecule has 2 amide bonds. The van der Waals surface area contributed by atoms with E-state index in [1.165, 1.54) is 12.1 Å². The van der Waals surface area contributed by atoms with Gasteiger partial charge in [0.05, 0.1) is 0 Å². The third-order valence-electron chi connectivity index (χ3n) is 4.44. The molecule has 3 rings (SSSR count). The Kier molecular flexibility index (Phi) is 5.31. The lowest BCUT2D eigenvalue weighted by Gasteiger charge is -2.30. The van der Waals surface area contributed by atoms with Crippen LogP contribution in [0.3, 0.4) is 0 Å². The second-order valence-corrected chi connectivity index (χ2v) is 6.68. The molecule has 0 radical (unpaired) electrons. The highest BCUT2D eigenvalue weighted by atomic mass is 19.1. The van der Waals surface area contributed by atoms with Gasteiger partial charge in [0.25, 0.3) is 0 Å². The molecule has 0 saturated carbocycles. The Balaban J connectivity index is 1.47. The summed E-state index contributed by atoms with van der Waals surface area (Å²) in [6.45, 7) is 5.73. The molecule has 0 atom stereocenters. The Morgan fingerprint density at radius 1 is 1.28 bits per heavy atom. The zero-order valence-electron chi connectivity index (χ0n) is 14.5. The molecule has 25 heavy (non-hydrogen) atoms. The van der Waals surface area contributed by atoms with Crippen LogP contribution in [0.25, 0.3) is 0 Å². The van der Waals surface area contributed by atoms with Crippen LogP contribution in [0, 0.1) is 5.82 Å². The van der Waals surface area contributed by atoms with Crippen molar-refractivity contribution >= 4 is 6.03 Å². The van der Waals surface area contributed by atoms with Gasteiger partial charge in [-0.15, -0.1) is 10.2 Å². The fourth-order valence-electron chi connectivity index (χ4n) is 2.87. The zero-order chi connectivity index (χ0) is 17.8. The number of hydrogen-bond acceptors (Lipinski definition) is 4. The number of halogens is 1. The average Bonchev–Trinajstić information content (AvgIpc) is 3.11. The minimum Gasteiger partial charge on any atom is -0.425 e. The number of likely N-dealkylation sites (tertiary alicyclic amines) is 1. The predicted octanol–water partition coefficient (Wildman–Crippen LogP) is 3.42. The van der Waals surface area contributed by atoms with Crippen molar-refractivity contribution in [3.05, 3.63) is 47.4 Å². The molecule has 2 aromatic rings. The van der Waals surface area contributed by atoms with Gasteiger partial charge in [0, 0.05) is 31.5 Å². The van der Waals surface area contributed by atoms with Crippen LogP contribution in [0.2, 0.25) is 0 Å². The smallest absolute Gasteiger partial charge is 0.317 e. The van der Waals surface area contributed by atoms with Gasteiger partial charge in [0.15, 0.2) is 0 Å². The van der Waals surface area contributed by atoms with Crippen molar-refractivity contribution in [2.24, 2.45) is 0 Å². The van der Waals surface area contributed by atoms with E-state index in [1.807, 2.05) is 13.8 Å². The number of urea groups is 1. The van der Waals surface area contributed by atoms with Gasteiger partial charge < -0.3 is 14.6 Å². The van der Waals surface area contributed by atoms with E-state index < -0.39 is 0 Å². The van der Waals surface area contributed by atoms with Crippen LogP contribution in [-0.4, -0.2) is 34.2 Å². The molecule has 1 saturated heterocycles. The van der Waals surface area contributed by atoms with E-state index in [0.29, 0.717) is 31.4 Å². The molecule has 0 bridgehead atoms. The third-order valence-corrected chi connectivity index (χ3v) is 4.44. The molecule has 6 nitrogen and oxygen atoms in total. The van der Waals surface area contributed by atoms with Gasteiger partial charge in [0.1, 0.15) is 5.82 Å². The highest BCUT2D eigenvalue weighted by Crippen LogP contribution is 2.28. The minimum absolute atomic E-state index is 0.101. The van der Waals surface area contributed by atoms with Gasteiger partial charge in [-0.1, -0.05) is 26.0 Å². The summed E-state index contributed by atoms with van der Waals surface area (Å²) in [7, 11) is 0. The van der Waals surface area contributed by atoms with Crippen molar-refractivity contribution in [2.45, 2.75) is 45.1 Å². The summed E-state index contributed by atoms with van der Waals surface area (Å²) in [4.78, 5) is 14.1. The molecule has 0 aliphatic carbocycles. The van der Waals surface area contributed by atoms with E-state index in [4.69, 9.17) is 4.42 Å². The number of piperidine rings is 1. The van der Waals surface area contributed by atoms with Gasteiger partial charge in [-0.3, -0.25) is 0 Å². The molecule has 1 aromatic carbocycles. The lowest BCUT2D eigenvalue weighted by molar-refractivity contribution is 0.176. The standard InChI is InChI=1S/C18H23FN4O2/c1-12(2)16-21-22-17(25-16)14-7-9-23(10-8-14)18(24)20-11-13-3-5-15(19)6-4-13/h3-6,12,14H,7-11H2,1-2H3,(H,20,24). The number of hydrogen-bond donors (Lipinski definition) is 1. The minimum atomic E-state index is -0.279. The summed E-state index contributed by atoms with van der Waals surface area (Å²) in [6.07, 6.45) is 1.62. The Morgan fingerprint density at radius 3 is 2.56 bits per heavy atom. The molecule has 0 spiro atoms. The van der Waals surface area contributed by atoms with Gasteiger partial charge in [-0.05, 0) is 30.5 Å². The molecular weight excluding hydrogens is 323 g/mol. The quantitative estimate of drug-likeness (QED) is 0.921. The van der Waals surface area contributed by atoms with E-state index in [-0.39, 0.29) is 23.7 Å². The molecular formula is C18H23FN4O2. The first-order valence-electron chi connectivity index (χ1n) is 8.63. The van der Waals surface area contributed by atoms with Crippen molar-refractivity contribution in [2.75, 3.05) is 13.1 Å². The molecule has 1 N–H and O–H groups in total. The van der Waals surface area contributed by atoms with E-state index in [1.54, 1.807) is 17.0 Å². The van der Waals surface area contributed by atoms with Crippen LogP contribution in [0.15, 0.2) is 28.7 Å². The number of nitrogens with zero attached hydrogens (tertiary/aromatic N) is 3. The van der Waals surface area contributed by atoms with E-state index >= 15 is 0 Å². The summed E-state index contributed by atoms with van der Waals surface area (Å²) in [5.41, 5.74) is 0.872. The van der Waals surface area contributed by atoms with Crippen molar-refractivity contribution in [3.63, 3.8) is 0 Å².